The number of anilines is 1. The van der Waals surface area contributed by atoms with Gasteiger partial charge in [0.25, 0.3) is 11.6 Å². The smallest absolute Gasteiger partial charge is 0.361 e. The Morgan fingerprint density at radius 3 is 2.74 bits per heavy atom. The lowest BCUT2D eigenvalue weighted by molar-refractivity contribution is 0.0516. The van der Waals surface area contributed by atoms with Crippen LogP contribution in [0.15, 0.2) is 33.7 Å². The molecule has 27 heavy (non-hydrogen) atoms. The molecule has 10 nitrogen and oxygen atoms in total. The minimum Gasteiger partial charge on any atom is -0.461 e. The summed E-state index contributed by atoms with van der Waals surface area (Å²) in [6.45, 7) is 3.99. The van der Waals surface area contributed by atoms with E-state index in [0.29, 0.717) is 43.1 Å². The maximum Gasteiger partial charge on any atom is 0.361 e. The third-order valence-corrected chi connectivity index (χ3v) is 4.32. The molecule has 0 aromatic carbocycles. The molecular weight excluding hydrogens is 354 g/mol. The molecule has 140 valence electrons. The van der Waals surface area contributed by atoms with E-state index in [9.17, 15) is 9.59 Å². The number of hydrogen-bond acceptors (Lipinski definition) is 9. The van der Waals surface area contributed by atoms with Crippen LogP contribution in [0.4, 0.5) is 5.82 Å². The van der Waals surface area contributed by atoms with Gasteiger partial charge in [0.1, 0.15) is 17.5 Å². The van der Waals surface area contributed by atoms with Gasteiger partial charge in [-0.1, -0.05) is 5.16 Å². The Balaban J connectivity index is 1.56. The predicted molar refractivity (Wildman–Crippen MR) is 92.4 cm³/mol. The molecule has 3 aromatic rings. The first kappa shape index (κ1) is 17.0. The fourth-order valence-electron chi connectivity index (χ4n) is 3.03. The Morgan fingerprint density at radius 2 is 2.04 bits per heavy atom. The van der Waals surface area contributed by atoms with Crippen molar-refractivity contribution in [1.29, 1.82) is 0 Å². The third-order valence-electron chi connectivity index (χ3n) is 4.32. The second kappa shape index (κ2) is 7.06. The summed E-state index contributed by atoms with van der Waals surface area (Å²) in [6, 6.07) is 3.33. The Morgan fingerprint density at radius 1 is 1.22 bits per heavy atom. The second-order valence-corrected chi connectivity index (χ2v) is 5.89. The van der Waals surface area contributed by atoms with Crippen LogP contribution in [-0.4, -0.2) is 64.7 Å². The molecule has 1 aliphatic rings. The summed E-state index contributed by atoms with van der Waals surface area (Å²) >= 11 is 0. The molecule has 1 amide bonds. The summed E-state index contributed by atoms with van der Waals surface area (Å²) in [4.78, 5) is 36.6. The standard InChI is InChI=1S/C17H17N5O5/c1-2-25-17(24)13-12-14(18-10-19-15(12)27-20-13)21-5-7-22(8-6-21)16(23)11-4-3-9-26-11/h3-4,9-10H,2,5-8H2,1H3. The number of hydrogen-bond donors (Lipinski definition) is 0. The number of furan rings is 1. The van der Waals surface area contributed by atoms with Crippen molar-refractivity contribution in [1.82, 2.24) is 20.0 Å². The first-order valence-corrected chi connectivity index (χ1v) is 8.54. The van der Waals surface area contributed by atoms with Gasteiger partial charge < -0.3 is 23.5 Å². The SMILES string of the molecule is CCOC(=O)c1noc2ncnc(N3CCN(C(=O)c4ccco4)CC3)c12. The van der Waals surface area contributed by atoms with E-state index in [4.69, 9.17) is 13.7 Å². The van der Waals surface area contributed by atoms with Crippen molar-refractivity contribution in [2.75, 3.05) is 37.7 Å². The number of amides is 1. The highest BCUT2D eigenvalue weighted by Gasteiger charge is 2.28. The van der Waals surface area contributed by atoms with Gasteiger partial charge >= 0.3 is 5.97 Å². The van der Waals surface area contributed by atoms with Crippen molar-refractivity contribution < 1.29 is 23.3 Å². The van der Waals surface area contributed by atoms with Crippen LogP contribution in [0.1, 0.15) is 28.0 Å². The van der Waals surface area contributed by atoms with E-state index in [2.05, 4.69) is 15.1 Å². The highest BCUT2D eigenvalue weighted by atomic mass is 16.5. The fourth-order valence-corrected chi connectivity index (χ4v) is 3.03. The number of carbonyl (C=O) groups is 2. The van der Waals surface area contributed by atoms with Gasteiger partial charge in [-0.15, -0.1) is 0 Å². The lowest BCUT2D eigenvalue weighted by atomic mass is 10.2. The quantitative estimate of drug-likeness (QED) is 0.627. The maximum absolute atomic E-state index is 12.4. The third kappa shape index (κ3) is 3.09. The molecule has 0 saturated carbocycles. The summed E-state index contributed by atoms with van der Waals surface area (Å²) in [5.74, 6) is 0.120. The van der Waals surface area contributed by atoms with Crippen molar-refractivity contribution in [3.05, 3.63) is 36.2 Å². The zero-order chi connectivity index (χ0) is 18.8. The van der Waals surface area contributed by atoms with Gasteiger partial charge in [0.15, 0.2) is 5.76 Å². The maximum atomic E-state index is 12.4. The molecule has 0 bridgehead atoms. The number of aromatic nitrogens is 3. The fraction of sp³-hybridized carbons (Fsp3) is 0.353. The molecule has 0 atom stereocenters. The first-order valence-electron chi connectivity index (χ1n) is 8.54. The zero-order valence-electron chi connectivity index (χ0n) is 14.6. The Hall–Kier alpha value is -3.43. The number of carbonyl (C=O) groups excluding carboxylic acids is 2. The van der Waals surface area contributed by atoms with Gasteiger partial charge in [0.05, 0.1) is 12.9 Å². The summed E-state index contributed by atoms with van der Waals surface area (Å²) < 4.78 is 15.4. The molecule has 10 heteroatoms. The summed E-state index contributed by atoms with van der Waals surface area (Å²) in [5.41, 5.74) is 0.272. The van der Waals surface area contributed by atoms with Crippen molar-refractivity contribution in [3.8, 4) is 0 Å². The van der Waals surface area contributed by atoms with Crippen LogP contribution in [0.5, 0.6) is 0 Å². The summed E-state index contributed by atoms with van der Waals surface area (Å²) in [6.07, 6.45) is 2.84. The zero-order valence-corrected chi connectivity index (χ0v) is 14.6. The Labute approximate surface area is 153 Å². The number of nitrogens with zero attached hydrogens (tertiary/aromatic N) is 5. The van der Waals surface area contributed by atoms with E-state index in [1.807, 2.05) is 4.90 Å². The van der Waals surface area contributed by atoms with Crippen LogP contribution in [0, 0.1) is 0 Å². The van der Waals surface area contributed by atoms with E-state index in [1.165, 1.54) is 12.6 Å². The average molecular weight is 371 g/mol. The average Bonchev–Trinajstić information content (AvgIpc) is 3.37. The summed E-state index contributed by atoms with van der Waals surface area (Å²) in [5, 5.41) is 4.21. The van der Waals surface area contributed by atoms with Crippen LogP contribution in [-0.2, 0) is 4.74 Å². The van der Waals surface area contributed by atoms with Crippen molar-refractivity contribution in [3.63, 3.8) is 0 Å². The normalized spacial score (nSPS) is 14.6. The molecule has 4 rings (SSSR count). The van der Waals surface area contributed by atoms with Crippen LogP contribution in [0.25, 0.3) is 11.1 Å². The van der Waals surface area contributed by atoms with E-state index in [0.717, 1.165) is 0 Å². The highest BCUT2D eigenvalue weighted by Crippen LogP contribution is 2.27. The van der Waals surface area contributed by atoms with Crippen LogP contribution in [0.3, 0.4) is 0 Å². The molecule has 1 fully saturated rings. The minimum atomic E-state index is -0.584. The number of piperazine rings is 1. The van der Waals surface area contributed by atoms with E-state index in [1.54, 1.807) is 24.0 Å². The van der Waals surface area contributed by atoms with Crippen molar-refractivity contribution in [2.24, 2.45) is 0 Å². The topological polar surface area (TPSA) is 115 Å². The van der Waals surface area contributed by atoms with Crippen LogP contribution >= 0.6 is 0 Å². The van der Waals surface area contributed by atoms with E-state index < -0.39 is 5.97 Å². The molecule has 4 heterocycles. The molecule has 0 radical (unpaired) electrons. The first-order chi connectivity index (χ1) is 13.2. The molecule has 0 N–H and O–H groups in total. The lowest BCUT2D eigenvalue weighted by Gasteiger charge is -2.35. The van der Waals surface area contributed by atoms with Gasteiger partial charge in [-0.2, -0.15) is 4.98 Å². The predicted octanol–water partition coefficient (Wildman–Crippen LogP) is 1.35. The molecule has 1 saturated heterocycles. The van der Waals surface area contributed by atoms with Gasteiger partial charge in [0, 0.05) is 26.2 Å². The Bertz CT molecular complexity index is 959. The van der Waals surface area contributed by atoms with Gasteiger partial charge in [0.2, 0.25) is 5.69 Å². The molecule has 0 spiro atoms. The number of rotatable bonds is 4. The Kier molecular flexibility index (Phi) is 4.45. The molecule has 0 unspecified atom stereocenters. The highest BCUT2D eigenvalue weighted by molar-refractivity contribution is 6.04. The van der Waals surface area contributed by atoms with Crippen molar-refractivity contribution >= 4 is 28.8 Å². The largest absolute Gasteiger partial charge is 0.461 e. The van der Waals surface area contributed by atoms with Gasteiger partial charge in [-0.25, -0.2) is 9.78 Å². The molecule has 3 aromatic heterocycles. The molecular formula is C17H17N5O5. The monoisotopic (exact) mass is 371 g/mol. The van der Waals surface area contributed by atoms with Crippen LogP contribution < -0.4 is 4.90 Å². The number of esters is 1. The van der Waals surface area contributed by atoms with Gasteiger partial charge in [-0.3, -0.25) is 4.79 Å². The van der Waals surface area contributed by atoms with Crippen LogP contribution in [0.2, 0.25) is 0 Å². The minimum absolute atomic E-state index is 0.0524. The second-order valence-electron chi connectivity index (χ2n) is 5.89. The van der Waals surface area contributed by atoms with E-state index >= 15 is 0 Å². The van der Waals surface area contributed by atoms with Gasteiger partial charge in [-0.05, 0) is 19.1 Å². The van der Waals surface area contributed by atoms with Crippen molar-refractivity contribution in [2.45, 2.75) is 6.92 Å². The lowest BCUT2D eigenvalue weighted by Crippen LogP contribution is -2.49. The number of fused-ring (bicyclic) bond motifs is 1. The summed E-state index contributed by atoms with van der Waals surface area (Å²) in [7, 11) is 0. The van der Waals surface area contributed by atoms with E-state index in [-0.39, 0.29) is 23.9 Å². The molecule has 1 aliphatic heterocycles. The molecule has 0 aliphatic carbocycles. The number of ether oxygens (including phenoxy) is 1.